The van der Waals surface area contributed by atoms with Crippen molar-refractivity contribution in [2.45, 2.75) is 6.92 Å². The standard InChI is InChI=1S/C17H18BrN3O3/c1-11-5-3-4-6-14(11)21-17(22)10-24-16-8-13(18)12(9-20-19)7-15(16)23-2/h3-9H,10,19H2,1-2H3,(H,21,22). The maximum atomic E-state index is 12.1. The second-order valence-electron chi connectivity index (χ2n) is 4.95. The molecule has 1 amide bonds. The Labute approximate surface area is 148 Å². The van der Waals surface area contributed by atoms with E-state index in [1.54, 1.807) is 12.1 Å². The maximum Gasteiger partial charge on any atom is 0.262 e. The molecule has 0 radical (unpaired) electrons. The summed E-state index contributed by atoms with van der Waals surface area (Å²) in [5.41, 5.74) is 2.48. The minimum atomic E-state index is -0.255. The summed E-state index contributed by atoms with van der Waals surface area (Å²) in [7, 11) is 1.52. The van der Waals surface area contributed by atoms with Crippen LogP contribution in [-0.2, 0) is 4.79 Å². The Balaban J connectivity index is 2.07. The van der Waals surface area contributed by atoms with Crippen LogP contribution in [0.3, 0.4) is 0 Å². The second kappa shape index (κ2) is 8.35. The molecule has 0 aliphatic carbocycles. The number of methoxy groups -OCH3 is 1. The highest BCUT2D eigenvalue weighted by molar-refractivity contribution is 9.10. The molecule has 0 aliphatic heterocycles. The Kier molecular flexibility index (Phi) is 6.20. The number of hydrogen-bond acceptors (Lipinski definition) is 5. The van der Waals surface area contributed by atoms with Crippen LogP contribution in [0.15, 0.2) is 46.0 Å². The van der Waals surface area contributed by atoms with Gasteiger partial charge in [-0.25, -0.2) is 0 Å². The van der Waals surface area contributed by atoms with E-state index in [1.165, 1.54) is 13.3 Å². The van der Waals surface area contributed by atoms with Gasteiger partial charge in [-0.3, -0.25) is 4.79 Å². The number of hydrazone groups is 1. The van der Waals surface area contributed by atoms with Crippen LogP contribution in [0, 0.1) is 6.92 Å². The molecule has 126 valence electrons. The quantitative estimate of drug-likeness (QED) is 0.450. The summed E-state index contributed by atoms with van der Waals surface area (Å²) < 4.78 is 11.6. The first-order chi connectivity index (χ1) is 11.5. The normalized spacial score (nSPS) is 10.6. The lowest BCUT2D eigenvalue weighted by Crippen LogP contribution is -2.20. The highest BCUT2D eigenvalue weighted by Crippen LogP contribution is 2.33. The van der Waals surface area contributed by atoms with Crippen molar-refractivity contribution in [1.29, 1.82) is 0 Å². The topological polar surface area (TPSA) is 85.9 Å². The maximum absolute atomic E-state index is 12.1. The van der Waals surface area contributed by atoms with Crippen LogP contribution in [0.2, 0.25) is 0 Å². The van der Waals surface area contributed by atoms with Crippen molar-refractivity contribution in [3.8, 4) is 11.5 Å². The zero-order valence-electron chi connectivity index (χ0n) is 13.4. The van der Waals surface area contributed by atoms with Crippen LogP contribution in [0.4, 0.5) is 5.69 Å². The Bertz CT molecular complexity index is 763. The van der Waals surface area contributed by atoms with Gasteiger partial charge < -0.3 is 20.6 Å². The Morgan fingerprint density at radius 1 is 1.33 bits per heavy atom. The van der Waals surface area contributed by atoms with E-state index in [2.05, 4.69) is 26.3 Å². The van der Waals surface area contributed by atoms with Crippen molar-refractivity contribution in [3.05, 3.63) is 52.0 Å². The lowest BCUT2D eigenvalue weighted by atomic mass is 10.2. The van der Waals surface area contributed by atoms with E-state index in [-0.39, 0.29) is 12.5 Å². The molecule has 0 saturated carbocycles. The molecule has 24 heavy (non-hydrogen) atoms. The number of benzene rings is 2. The molecule has 0 unspecified atom stereocenters. The third-order valence-corrected chi connectivity index (χ3v) is 3.96. The third-order valence-electron chi connectivity index (χ3n) is 3.27. The van der Waals surface area contributed by atoms with Gasteiger partial charge in [-0.15, -0.1) is 0 Å². The molecule has 0 bridgehead atoms. The first kappa shape index (κ1) is 17.8. The van der Waals surface area contributed by atoms with Crippen molar-refractivity contribution in [2.24, 2.45) is 10.9 Å². The monoisotopic (exact) mass is 391 g/mol. The average Bonchev–Trinajstić information content (AvgIpc) is 2.57. The number of aryl methyl sites for hydroxylation is 1. The molecule has 0 spiro atoms. The van der Waals surface area contributed by atoms with E-state index in [1.807, 2.05) is 31.2 Å². The molecule has 3 N–H and O–H groups in total. The zero-order chi connectivity index (χ0) is 17.5. The van der Waals surface area contributed by atoms with E-state index in [0.29, 0.717) is 11.5 Å². The fourth-order valence-corrected chi connectivity index (χ4v) is 2.47. The minimum absolute atomic E-state index is 0.137. The Morgan fingerprint density at radius 3 is 2.75 bits per heavy atom. The van der Waals surface area contributed by atoms with Crippen LogP contribution in [0.5, 0.6) is 11.5 Å². The number of halogens is 1. The van der Waals surface area contributed by atoms with Crippen LogP contribution >= 0.6 is 15.9 Å². The Morgan fingerprint density at radius 2 is 2.08 bits per heavy atom. The molecule has 0 aromatic heterocycles. The SMILES string of the molecule is COc1cc(C=NN)c(Br)cc1OCC(=O)Nc1ccccc1C. The lowest BCUT2D eigenvalue weighted by Gasteiger charge is -2.13. The molecule has 2 rings (SSSR count). The third kappa shape index (κ3) is 4.48. The highest BCUT2D eigenvalue weighted by Gasteiger charge is 2.12. The van der Waals surface area contributed by atoms with Crippen LogP contribution < -0.4 is 20.6 Å². The van der Waals surface area contributed by atoms with E-state index < -0.39 is 0 Å². The number of hydrogen-bond donors (Lipinski definition) is 2. The molecule has 2 aromatic rings. The molecular weight excluding hydrogens is 374 g/mol. The fraction of sp³-hybridized carbons (Fsp3) is 0.176. The number of carbonyl (C=O) groups excluding carboxylic acids is 1. The molecule has 7 heteroatoms. The largest absolute Gasteiger partial charge is 0.493 e. The number of nitrogens with one attached hydrogen (secondary N) is 1. The van der Waals surface area contributed by atoms with Crippen molar-refractivity contribution in [2.75, 3.05) is 19.0 Å². The fourth-order valence-electron chi connectivity index (χ4n) is 2.05. The summed E-state index contributed by atoms with van der Waals surface area (Å²) in [6.45, 7) is 1.79. The van der Waals surface area contributed by atoms with Crippen LogP contribution in [-0.4, -0.2) is 25.8 Å². The molecule has 2 aromatic carbocycles. The second-order valence-corrected chi connectivity index (χ2v) is 5.81. The molecular formula is C17H18BrN3O3. The number of carbonyl (C=O) groups is 1. The van der Waals surface area contributed by atoms with Crippen LogP contribution in [0.25, 0.3) is 0 Å². The predicted octanol–water partition coefficient (Wildman–Crippen LogP) is 3.08. The molecule has 0 aliphatic rings. The predicted molar refractivity (Wildman–Crippen MR) is 97.8 cm³/mol. The molecule has 0 atom stereocenters. The van der Waals surface area contributed by atoms with E-state index in [0.717, 1.165) is 21.3 Å². The van der Waals surface area contributed by atoms with Crippen molar-refractivity contribution < 1.29 is 14.3 Å². The average molecular weight is 392 g/mol. The summed E-state index contributed by atoms with van der Waals surface area (Å²) in [6.07, 6.45) is 1.49. The first-order valence-corrected chi connectivity index (χ1v) is 7.93. The van der Waals surface area contributed by atoms with E-state index >= 15 is 0 Å². The molecule has 0 saturated heterocycles. The molecule has 6 nitrogen and oxygen atoms in total. The number of anilines is 1. The van der Waals surface area contributed by atoms with Gasteiger partial charge in [0, 0.05) is 15.7 Å². The number of ether oxygens (including phenoxy) is 2. The molecule has 0 heterocycles. The van der Waals surface area contributed by atoms with Crippen molar-refractivity contribution in [3.63, 3.8) is 0 Å². The highest BCUT2D eigenvalue weighted by atomic mass is 79.9. The van der Waals surface area contributed by atoms with Gasteiger partial charge in [0.1, 0.15) is 0 Å². The smallest absolute Gasteiger partial charge is 0.262 e. The van der Waals surface area contributed by atoms with Gasteiger partial charge in [-0.2, -0.15) is 5.10 Å². The summed E-state index contributed by atoms with van der Waals surface area (Å²) in [5.74, 6) is 5.84. The van der Waals surface area contributed by atoms with Crippen molar-refractivity contribution in [1.82, 2.24) is 0 Å². The van der Waals surface area contributed by atoms with Gasteiger partial charge in [-0.05, 0) is 46.6 Å². The molecule has 0 fully saturated rings. The van der Waals surface area contributed by atoms with Gasteiger partial charge in [0.05, 0.1) is 13.3 Å². The van der Waals surface area contributed by atoms with Gasteiger partial charge in [-0.1, -0.05) is 18.2 Å². The van der Waals surface area contributed by atoms with Gasteiger partial charge in [0.2, 0.25) is 0 Å². The van der Waals surface area contributed by atoms with Crippen molar-refractivity contribution >= 4 is 33.7 Å². The van der Waals surface area contributed by atoms with Gasteiger partial charge >= 0.3 is 0 Å². The Hall–Kier alpha value is -2.54. The van der Waals surface area contributed by atoms with Gasteiger partial charge in [0.25, 0.3) is 5.91 Å². The van der Waals surface area contributed by atoms with E-state index in [9.17, 15) is 4.79 Å². The summed E-state index contributed by atoms with van der Waals surface area (Å²) in [6, 6.07) is 11.0. The number of nitrogens with two attached hydrogens (primary N) is 1. The van der Waals surface area contributed by atoms with Crippen LogP contribution in [0.1, 0.15) is 11.1 Å². The number of para-hydroxylation sites is 1. The summed E-state index contributed by atoms with van der Waals surface area (Å²) in [4.78, 5) is 12.1. The zero-order valence-corrected chi connectivity index (χ0v) is 15.0. The van der Waals surface area contributed by atoms with E-state index in [4.69, 9.17) is 15.3 Å². The number of amides is 1. The number of rotatable bonds is 6. The number of nitrogens with zero attached hydrogens (tertiary/aromatic N) is 1. The van der Waals surface area contributed by atoms with Gasteiger partial charge in [0.15, 0.2) is 18.1 Å². The summed E-state index contributed by atoms with van der Waals surface area (Å²) in [5, 5.41) is 6.30. The first-order valence-electron chi connectivity index (χ1n) is 7.14. The summed E-state index contributed by atoms with van der Waals surface area (Å²) >= 11 is 3.40. The lowest BCUT2D eigenvalue weighted by molar-refractivity contribution is -0.118. The minimum Gasteiger partial charge on any atom is -0.493 e.